The molecule has 0 radical (unpaired) electrons. The number of nitrogens with zero attached hydrogens (tertiary/aromatic N) is 1. The maximum Gasteiger partial charge on any atom is 0.243 e. The smallest absolute Gasteiger partial charge is 0.243 e. The van der Waals surface area contributed by atoms with Gasteiger partial charge in [0.25, 0.3) is 0 Å². The van der Waals surface area contributed by atoms with Crippen molar-refractivity contribution in [2.75, 3.05) is 24.3 Å². The number of hydrogen-bond acceptors (Lipinski definition) is 5. The first-order chi connectivity index (χ1) is 12.5. The number of ether oxygens (including phenoxy) is 1. The maximum atomic E-state index is 12.2. The van der Waals surface area contributed by atoms with Crippen molar-refractivity contribution >= 4 is 40.2 Å². The summed E-state index contributed by atoms with van der Waals surface area (Å²) >= 11 is 7.68. The lowest BCUT2D eigenvalue weighted by Gasteiger charge is -2.10. The van der Waals surface area contributed by atoms with Gasteiger partial charge in [0.05, 0.1) is 29.4 Å². The van der Waals surface area contributed by atoms with Crippen LogP contribution in [0.3, 0.4) is 0 Å². The number of nitrogens with one attached hydrogen (secondary N) is 2. The van der Waals surface area contributed by atoms with Gasteiger partial charge in [-0.1, -0.05) is 23.7 Å². The van der Waals surface area contributed by atoms with Crippen molar-refractivity contribution in [2.45, 2.75) is 6.92 Å². The van der Waals surface area contributed by atoms with Crippen LogP contribution in [0.5, 0.6) is 5.75 Å². The fraction of sp³-hybridized carbons (Fsp3) is 0.158. The minimum atomic E-state index is -0.149. The molecule has 1 amide bonds. The highest BCUT2D eigenvalue weighted by Gasteiger charge is 2.07. The molecule has 134 valence electrons. The standard InChI is InChI=1S/C19H18ClN3O2S/c1-12-22-17(11-26-12)13-4-3-5-15(8-13)23-19(24)10-21-14-6-7-18(25-2)16(20)9-14/h3-9,11,21H,10H2,1-2H3,(H,23,24). The van der Waals surface area contributed by atoms with Crippen molar-refractivity contribution < 1.29 is 9.53 Å². The Morgan fingerprint density at radius 1 is 1.23 bits per heavy atom. The Bertz CT molecular complexity index is 927. The van der Waals surface area contributed by atoms with Crippen LogP contribution in [0.4, 0.5) is 11.4 Å². The SMILES string of the molecule is COc1ccc(NCC(=O)Nc2cccc(-c3csc(C)n3)c2)cc1Cl. The first kappa shape index (κ1) is 18.2. The third kappa shape index (κ3) is 4.53. The van der Waals surface area contributed by atoms with Gasteiger partial charge in [-0.05, 0) is 37.3 Å². The first-order valence-corrected chi connectivity index (χ1v) is 9.21. The number of hydrogen-bond donors (Lipinski definition) is 2. The largest absolute Gasteiger partial charge is 0.495 e. The normalized spacial score (nSPS) is 10.4. The van der Waals surface area contributed by atoms with Crippen LogP contribution >= 0.6 is 22.9 Å². The first-order valence-electron chi connectivity index (χ1n) is 7.95. The Labute approximate surface area is 161 Å². The van der Waals surface area contributed by atoms with Crippen molar-refractivity contribution in [3.05, 3.63) is 57.9 Å². The Balaban J connectivity index is 1.60. The lowest BCUT2D eigenvalue weighted by molar-refractivity contribution is -0.114. The second kappa shape index (κ2) is 8.21. The molecule has 2 aromatic carbocycles. The number of methoxy groups -OCH3 is 1. The van der Waals surface area contributed by atoms with Crippen molar-refractivity contribution in [3.8, 4) is 17.0 Å². The van der Waals surface area contributed by atoms with E-state index in [-0.39, 0.29) is 12.5 Å². The van der Waals surface area contributed by atoms with Gasteiger partial charge in [0.2, 0.25) is 5.91 Å². The van der Waals surface area contributed by atoms with Crippen LogP contribution in [0.2, 0.25) is 5.02 Å². The van der Waals surface area contributed by atoms with Gasteiger partial charge in [-0.25, -0.2) is 4.98 Å². The Morgan fingerprint density at radius 2 is 2.08 bits per heavy atom. The molecule has 1 heterocycles. The van der Waals surface area contributed by atoms with Crippen molar-refractivity contribution in [1.29, 1.82) is 0 Å². The second-order valence-corrected chi connectivity index (χ2v) is 7.05. The summed E-state index contributed by atoms with van der Waals surface area (Å²) in [7, 11) is 1.56. The van der Waals surface area contributed by atoms with Crippen LogP contribution in [0.15, 0.2) is 47.8 Å². The monoisotopic (exact) mass is 387 g/mol. The molecule has 0 saturated heterocycles. The average molecular weight is 388 g/mol. The van der Waals surface area contributed by atoms with E-state index < -0.39 is 0 Å². The summed E-state index contributed by atoms with van der Waals surface area (Å²) in [4.78, 5) is 16.7. The van der Waals surface area contributed by atoms with Crippen LogP contribution in [-0.4, -0.2) is 24.5 Å². The summed E-state index contributed by atoms with van der Waals surface area (Å²) in [6, 6.07) is 12.9. The van der Waals surface area contributed by atoms with Crippen LogP contribution in [-0.2, 0) is 4.79 Å². The van der Waals surface area contributed by atoms with E-state index >= 15 is 0 Å². The average Bonchev–Trinajstić information content (AvgIpc) is 3.07. The number of carbonyl (C=O) groups excluding carboxylic acids is 1. The second-order valence-electron chi connectivity index (χ2n) is 5.58. The summed E-state index contributed by atoms with van der Waals surface area (Å²) in [6.07, 6.45) is 0. The van der Waals surface area contributed by atoms with E-state index in [9.17, 15) is 4.79 Å². The van der Waals surface area contributed by atoms with Crippen molar-refractivity contribution in [3.63, 3.8) is 0 Å². The third-order valence-electron chi connectivity index (χ3n) is 3.67. The topological polar surface area (TPSA) is 63.2 Å². The summed E-state index contributed by atoms with van der Waals surface area (Å²) in [5.74, 6) is 0.444. The number of aromatic nitrogens is 1. The lowest BCUT2D eigenvalue weighted by atomic mass is 10.1. The van der Waals surface area contributed by atoms with E-state index in [0.29, 0.717) is 10.8 Å². The fourth-order valence-corrected chi connectivity index (χ4v) is 3.30. The predicted molar refractivity (Wildman–Crippen MR) is 107 cm³/mol. The van der Waals surface area contributed by atoms with Gasteiger partial charge >= 0.3 is 0 Å². The van der Waals surface area contributed by atoms with Gasteiger partial charge in [0.15, 0.2) is 0 Å². The molecule has 26 heavy (non-hydrogen) atoms. The number of amides is 1. The molecule has 0 aliphatic heterocycles. The highest BCUT2D eigenvalue weighted by Crippen LogP contribution is 2.27. The molecule has 0 aliphatic rings. The van der Waals surface area contributed by atoms with E-state index in [2.05, 4.69) is 15.6 Å². The molecule has 0 saturated carbocycles. The number of carbonyl (C=O) groups is 1. The Morgan fingerprint density at radius 3 is 2.77 bits per heavy atom. The zero-order chi connectivity index (χ0) is 18.5. The van der Waals surface area contributed by atoms with E-state index in [1.54, 1.807) is 30.6 Å². The van der Waals surface area contributed by atoms with Gasteiger partial charge < -0.3 is 15.4 Å². The molecule has 3 aromatic rings. The molecule has 5 nitrogen and oxygen atoms in total. The molecule has 0 spiro atoms. The highest BCUT2D eigenvalue weighted by atomic mass is 35.5. The van der Waals surface area contributed by atoms with E-state index in [1.807, 2.05) is 42.6 Å². The van der Waals surface area contributed by atoms with Gasteiger partial charge in [0.1, 0.15) is 5.75 Å². The molecule has 0 unspecified atom stereocenters. The molecule has 1 aromatic heterocycles. The van der Waals surface area contributed by atoms with Crippen LogP contribution in [0.25, 0.3) is 11.3 Å². The summed E-state index contributed by atoms with van der Waals surface area (Å²) < 4.78 is 5.11. The molecular formula is C19H18ClN3O2S. The highest BCUT2D eigenvalue weighted by molar-refractivity contribution is 7.09. The quantitative estimate of drug-likeness (QED) is 0.635. The molecule has 0 atom stereocenters. The van der Waals surface area contributed by atoms with Gasteiger partial charge in [0, 0.05) is 22.3 Å². The van der Waals surface area contributed by atoms with Gasteiger partial charge in [-0.3, -0.25) is 4.79 Å². The number of thiazole rings is 1. The number of rotatable bonds is 6. The Hall–Kier alpha value is -2.57. The van der Waals surface area contributed by atoms with Crippen LogP contribution in [0.1, 0.15) is 5.01 Å². The summed E-state index contributed by atoms with van der Waals surface area (Å²) in [6.45, 7) is 2.10. The number of aryl methyl sites for hydroxylation is 1. The third-order valence-corrected chi connectivity index (χ3v) is 4.73. The van der Waals surface area contributed by atoms with E-state index in [1.165, 1.54) is 0 Å². The zero-order valence-electron chi connectivity index (χ0n) is 14.4. The molecule has 0 fully saturated rings. The number of benzene rings is 2. The maximum absolute atomic E-state index is 12.2. The summed E-state index contributed by atoms with van der Waals surface area (Å²) in [5.41, 5.74) is 3.36. The molecular weight excluding hydrogens is 370 g/mol. The van der Waals surface area contributed by atoms with Gasteiger partial charge in [-0.2, -0.15) is 0 Å². The minimum Gasteiger partial charge on any atom is -0.495 e. The lowest BCUT2D eigenvalue weighted by Crippen LogP contribution is -2.21. The van der Waals surface area contributed by atoms with Crippen LogP contribution < -0.4 is 15.4 Å². The van der Waals surface area contributed by atoms with E-state index in [4.69, 9.17) is 16.3 Å². The molecule has 3 rings (SSSR count). The fourth-order valence-electron chi connectivity index (χ4n) is 2.42. The Kier molecular flexibility index (Phi) is 5.75. The van der Waals surface area contributed by atoms with E-state index in [0.717, 1.165) is 27.6 Å². The molecule has 2 N–H and O–H groups in total. The van der Waals surface area contributed by atoms with Crippen LogP contribution in [0, 0.1) is 6.92 Å². The van der Waals surface area contributed by atoms with Gasteiger partial charge in [-0.15, -0.1) is 11.3 Å². The molecule has 0 bridgehead atoms. The zero-order valence-corrected chi connectivity index (χ0v) is 15.9. The number of halogens is 1. The summed E-state index contributed by atoms with van der Waals surface area (Å²) in [5, 5.41) is 9.43. The minimum absolute atomic E-state index is 0.128. The predicted octanol–water partition coefficient (Wildman–Crippen LogP) is 4.83. The molecule has 0 aliphatic carbocycles. The van der Waals surface area contributed by atoms with Crippen molar-refractivity contribution in [1.82, 2.24) is 4.98 Å². The van der Waals surface area contributed by atoms with Crippen molar-refractivity contribution in [2.24, 2.45) is 0 Å². The number of anilines is 2. The molecule has 7 heteroatoms.